The Bertz CT molecular complexity index is 1150. The third kappa shape index (κ3) is 4.59. The van der Waals surface area contributed by atoms with Crippen molar-refractivity contribution in [1.82, 2.24) is 9.21 Å². The molecule has 0 aromatic heterocycles. The lowest BCUT2D eigenvalue weighted by Gasteiger charge is -2.39. The number of amides is 1. The van der Waals surface area contributed by atoms with E-state index in [4.69, 9.17) is 9.47 Å². The van der Waals surface area contributed by atoms with E-state index in [0.717, 1.165) is 13.1 Å². The number of carbonyl (C=O) groups is 1. The van der Waals surface area contributed by atoms with Gasteiger partial charge in [0.15, 0.2) is 11.5 Å². The number of fused-ring (bicyclic) bond motifs is 1. The summed E-state index contributed by atoms with van der Waals surface area (Å²) in [5, 5.41) is 0. The molecule has 3 aliphatic rings. The van der Waals surface area contributed by atoms with Crippen LogP contribution in [0.4, 0.5) is 5.69 Å². The van der Waals surface area contributed by atoms with Crippen LogP contribution in [0.3, 0.4) is 0 Å². The Labute approximate surface area is 201 Å². The molecule has 0 unspecified atom stereocenters. The lowest BCUT2D eigenvalue weighted by molar-refractivity contribution is -0.137. The predicted molar refractivity (Wildman–Crippen MR) is 129 cm³/mol. The van der Waals surface area contributed by atoms with Crippen LogP contribution in [0, 0.1) is 12.8 Å². The number of nitrogens with zero attached hydrogens (tertiary/aromatic N) is 3. The monoisotopic (exact) mass is 485 g/mol. The zero-order valence-corrected chi connectivity index (χ0v) is 20.3. The summed E-state index contributed by atoms with van der Waals surface area (Å²) in [6, 6.07) is 13.2. The van der Waals surface area contributed by atoms with Crippen LogP contribution in [-0.4, -0.2) is 76.0 Å². The molecule has 0 N–H and O–H groups in total. The molecule has 3 aliphatic heterocycles. The van der Waals surface area contributed by atoms with E-state index in [-0.39, 0.29) is 16.7 Å². The average molecular weight is 486 g/mol. The quantitative estimate of drug-likeness (QED) is 0.662. The van der Waals surface area contributed by atoms with Crippen LogP contribution in [0.2, 0.25) is 0 Å². The fourth-order valence-corrected chi connectivity index (χ4v) is 6.43. The van der Waals surface area contributed by atoms with Gasteiger partial charge in [-0.25, -0.2) is 8.42 Å². The van der Waals surface area contributed by atoms with Gasteiger partial charge in [-0.3, -0.25) is 4.79 Å². The molecule has 0 radical (unpaired) electrons. The molecule has 5 rings (SSSR count). The number of hydrogen-bond donors (Lipinski definition) is 0. The minimum atomic E-state index is -3.64. The van der Waals surface area contributed by atoms with Crippen LogP contribution < -0.4 is 14.4 Å². The van der Waals surface area contributed by atoms with Crippen molar-refractivity contribution in [3.8, 4) is 11.5 Å². The summed E-state index contributed by atoms with van der Waals surface area (Å²) in [6.07, 6.45) is 1.08. The number of ether oxygens (including phenoxy) is 2. The number of benzene rings is 2. The molecule has 2 aromatic rings. The third-order valence-electron chi connectivity index (χ3n) is 6.91. The molecule has 8 nitrogen and oxygen atoms in total. The van der Waals surface area contributed by atoms with Crippen LogP contribution >= 0.6 is 0 Å². The van der Waals surface area contributed by atoms with E-state index in [1.165, 1.54) is 21.6 Å². The molecule has 2 aromatic carbocycles. The largest absolute Gasteiger partial charge is 0.486 e. The molecular weight excluding hydrogens is 454 g/mol. The smallest absolute Gasteiger partial charge is 0.243 e. The molecule has 0 spiro atoms. The molecule has 0 atom stereocenters. The second-order valence-electron chi connectivity index (χ2n) is 9.14. The second kappa shape index (κ2) is 9.46. The Morgan fingerprint density at radius 2 is 1.59 bits per heavy atom. The topological polar surface area (TPSA) is 79.4 Å². The minimum Gasteiger partial charge on any atom is -0.486 e. The molecule has 182 valence electrons. The van der Waals surface area contributed by atoms with Crippen molar-refractivity contribution in [2.24, 2.45) is 5.92 Å². The highest BCUT2D eigenvalue weighted by atomic mass is 32.2. The average Bonchev–Trinajstić information content (AvgIpc) is 2.88. The lowest BCUT2D eigenvalue weighted by Crippen LogP contribution is -2.52. The highest BCUT2D eigenvalue weighted by Crippen LogP contribution is 2.34. The summed E-state index contributed by atoms with van der Waals surface area (Å²) in [7, 11) is -3.64. The van der Waals surface area contributed by atoms with Crippen molar-refractivity contribution in [3.63, 3.8) is 0 Å². The van der Waals surface area contributed by atoms with E-state index in [1.807, 2.05) is 4.90 Å². The lowest BCUT2D eigenvalue weighted by atomic mass is 9.96. The molecule has 34 heavy (non-hydrogen) atoms. The van der Waals surface area contributed by atoms with Crippen LogP contribution in [0.25, 0.3) is 0 Å². The van der Waals surface area contributed by atoms with E-state index < -0.39 is 10.0 Å². The predicted octanol–water partition coefficient (Wildman–Crippen LogP) is 2.52. The van der Waals surface area contributed by atoms with Gasteiger partial charge in [-0.05, 0) is 49.6 Å². The Hall–Kier alpha value is -2.78. The molecule has 3 heterocycles. The van der Waals surface area contributed by atoms with Crippen LogP contribution in [-0.2, 0) is 14.8 Å². The van der Waals surface area contributed by atoms with Gasteiger partial charge in [0.1, 0.15) is 13.2 Å². The van der Waals surface area contributed by atoms with Gasteiger partial charge < -0.3 is 19.3 Å². The number of hydrogen-bond acceptors (Lipinski definition) is 6. The minimum absolute atomic E-state index is 0.128. The maximum Gasteiger partial charge on any atom is 0.243 e. The number of aryl methyl sites for hydroxylation is 1. The number of piperazine rings is 1. The van der Waals surface area contributed by atoms with E-state index in [2.05, 4.69) is 36.1 Å². The van der Waals surface area contributed by atoms with Gasteiger partial charge in [-0.15, -0.1) is 0 Å². The first-order valence-corrected chi connectivity index (χ1v) is 13.4. The number of anilines is 1. The van der Waals surface area contributed by atoms with Crippen molar-refractivity contribution in [2.45, 2.75) is 24.7 Å². The van der Waals surface area contributed by atoms with E-state index in [0.29, 0.717) is 63.7 Å². The Kier molecular flexibility index (Phi) is 6.40. The molecule has 0 saturated carbocycles. The fourth-order valence-electron chi connectivity index (χ4n) is 4.94. The van der Waals surface area contributed by atoms with E-state index in [1.54, 1.807) is 12.1 Å². The molecule has 2 saturated heterocycles. The summed E-state index contributed by atoms with van der Waals surface area (Å²) >= 11 is 0. The molecule has 9 heteroatoms. The first-order valence-electron chi connectivity index (χ1n) is 11.9. The Morgan fingerprint density at radius 1 is 0.882 bits per heavy atom. The molecule has 1 amide bonds. The van der Waals surface area contributed by atoms with Crippen molar-refractivity contribution >= 4 is 21.6 Å². The van der Waals surface area contributed by atoms with E-state index >= 15 is 0 Å². The van der Waals surface area contributed by atoms with Gasteiger partial charge in [-0.2, -0.15) is 4.31 Å². The number of carbonyl (C=O) groups excluding carboxylic acids is 1. The van der Waals surface area contributed by atoms with Crippen LogP contribution in [0.1, 0.15) is 18.4 Å². The molecular formula is C25H31N3O5S. The first-order chi connectivity index (χ1) is 16.4. The SMILES string of the molecule is Cc1cccc(N2CCN(C(=O)C3CCN(S(=O)(=O)c4ccc5c(c4)OCCO5)CC3)CC2)c1. The number of piperidine rings is 1. The standard InChI is InChI=1S/C25H31N3O5S/c1-19-3-2-4-21(17-19)26-11-13-27(14-12-26)25(29)20-7-9-28(10-8-20)34(30,31)22-5-6-23-24(18-22)33-16-15-32-23/h2-6,17-18,20H,7-16H2,1H3. The van der Waals surface area contributed by atoms with Gasteiger partial charge in [0, 0.05) is 56.9 Å². The summed E-state index contributed by atoms with van der Waals surface area (Å²) in [4.78, 5) is 17.6. The first kappa shape index (κ1) is 23.0. The van der Waals surface area contributed by atoms with Crippen molar-refractivity contribution < 1.29 is 22.7 Å². The number of sulfonamides is 1. The van der Waals surface area contributed by atoms with Crippen molar-refractivity contribution in [2.75, 3.05) is 57.4 Å². The maximum absolute atomic E-state index is 13.2. The van der Waals surface area contributed by atoms with Gasteiger partial charge in [-0.1, -0.05) is 12.1 Å². The Balaban J connectivity index is 1.16. The van der Waals surface area contributed by atoms with Gasteiger partial charge in [0.2, 0.25) is 15.9 Å². The summed E-state index contributed by atoms with van der Waals surface area (Å²) in [5.41, 5.74) is 2.43. The molecule has 0 bridgehead atoms. The summed E-state index contributed by atoms with van der Waals surface area (Å²) < 4.78 is 38.9. The van der Waals surface area contributed by atoms with E-state index in [9.17, 15) is 13.2 Å². The van der Waals surface area contributed by atoms with Crippen molar-refractivity contribution in [3.05, 3.63) is 48.0 Å². The summed E-state index contributed by atoms with van der Waals surface area (Å²) in [5.74, 6) is 1.05. The maximum atomic E-state index is 13.2. The highest BCUT2D eigenvalue weighted by molar-refractivity contribution is 7.89. The normalized spacial score (nSPS) is 19.8. The third-order valence-corrected chi connectivity index (χ3v) is 8.81. The van der Waals surface area contributed by atoms with Gasteiger partial charge >= 0.3 is 0 Å². The van der Waals surface area contributed by atoms with Crippen LogP contribution in [0.15, 0.2) is 47.4 Å². The Morgan fingerprint density at radius 3 is 2.29 bits per heavy atom. The van der Waals surface area contributed by atoms with Crippen LogP contribution in [0.5, 0.6) is 11.5 Å². The zero-order valence-electron chi connectivity index (χ0n) is 19.5. The number of rotatable bonds is 4. The van der Waals surface area contributed by atoms with Crippen molar-refractivity contribution in [1.29, 1.82) is 0 Å². The second-order valence-corrected chi connectivity index (χ2v) is 11.1. The molecule has 0 aliphatic carbocycles. The zero-order chi connectivity index (χ0) is 23.7. The van der Waals surface area contributed by atoms with Gasteiger partial charge in [0.25, 0.3) is 0 Å². The van der Waals surface area contributed by atoms with Gasteiger partial charge in [0.05, 0.1) is 4.90 Å². The molecule has 2 fully saturated rings. The fraction of sp³-hybridized carbons (Fsp3) is 0.480. The highest BCUT2D eigenvalue weighted by Gasteiger charge is 2.35. The summed E-state index contributed by atoms with van der Waals surface area (Å²) in [6.45, 7) is 6.66.